The van der Waals surface area contributed by atoms with Gasteiger partial charge in [0, 0.05) is 18.1 Å². The molecule has 0 spiro atoms. The molecular weight excluding hydrogens is 451 g/mol. The van der Waals surface area contributed by atoms with Gasteiger partial charge >= 0.3 is 0 Å². The summed E-state index contributed by atoms with van der Waals surface area (Å²) in [5.41, 5.74) is 2.08. The van der Waals surface area contributed by atoms with Crippen molar-refractivity contribution in [1.82, 2.24) is 4.57 Å². The summed E-state index contributed by atoms with van der Waals surface area (Å²) in [4.78, 5) is 26.6. The number of benzene rings is 2. The number of aromatic nitrogens is 2. The molecule has 0 fully saturated rings. The maximum atomic E-state index is 13.4. The predicted molar refractivity (Wildman–Crippen MR) is 101 cm³/mol. The SMILES string of the molecule is CCC(C)Cn1c2c([n+](C)c1C)C(=O)c1cc3ccccc3cc1C2=O.[I-]. The third kappa shape index (κ3) is 2.92. The highest BCUT2D eigenvalue weighted by atomic mass is 127. The van der Waals surface area contributed by atoms with Gasteiger partial charge in [-0.15, -0.1) is 0 Å². The molecule has 1 atom stereocenters. The lowest BCUT2D eigenvalue weighted by Gasteiger charge is -2.15. The number of carbonyl (C=O) groups excluding carboxylic acids is 2. The summed E-state index contributed by atoms with van der Waals surface area (Å²) >= 11 is 0. The van der Waals surface area contributed by atoms with Gasteiger partial charge in [-0.25, -0.2) is 9.13 Å². The van der Waals surface area contributed by atoms with Crippen LogP contribution in [0.2, 0.25) is 0 Å². The minimum absolute atomic E-state index is 0. The Labute approximate surface area is 176 Å². The molecule has 1 aromatic heterocycles. The standard InChI is InChI=1S/C22H23N2O2.HI/c1-5-13(2)12-24-14(3)23(4)19-20(24)22(26)18-11-16-9-7-6-8-15(16)10-17(18)21(19)25;/h6-11,13H,5,12H2,1-4H3;1H/q+1;/p-1. The van der Waals surface area contributed by atoms with Crippen LogP contribution in [0, 0.1) is 12.8 Å². The Bertz CT molecular complexity index is 1080. The number of nitrogens with zero attached hydrogens (tertiary/aromatic N) is 2. The molecule has 5 heteroatoms. The number of carbonyl (C=O) groups is 2. The van der Waals surface area contributed by atoms with E-state index in [2.05, 4.69) is 13.8 Å². The van der Waals surface area contributed by atoms with Gasteiger partial charge in [-0.3, -0.25) is 9.59 Å². The smallest absolute Gasteiger partial charge is 0.254 e. The van der Waals surface area contributed by atoms with E-state index in [1.807, 2.05) is 59.5 Å². The van der Waals surface area contributed by atoms with Crippen LogP contribution in [0.3, 0.4) is 0 Å². The van der Waals surface area contributed by atoms with Crippen LogP contribution < -0.4 is 28.5 Å². The first-order valence-electron chi connectivity index (χ1n) is 9.15. The molecule has 0 bridgehead atoms. The van der Waals surface area contributed by atoms with E-state index in [4.69, 9.17) is 0 Å². The molecule has 2 aromatic carbocycles. The molecule has 3 aromatic rings. The average molecular weight is 474 g/mol. The fourth-order valence-electron chi connectivity index (χ4n) is 3.82. The monoisotopic (exact) mass is 474 g/mol. The Morgan fingerprint density at radius 1 is 1.04 bits per heavy atom. The van der Waals surface area contributed by atoms with Gasteiger partial charge in [0.05, 0.1) is 13.6 Å². The Kier molecular flexibility index (Phi) is 5.25. The van der Waals surface area contributed by atoms with Gasteiger partial charge in [-0.05, 0) is 35.2 Å². The fraction of sp³-hybridized carbons (Fsp3) is 0.318. The van der Waals surface area contributed by atoms with Crippen LogP contribution in [0.5, 0.6) is 0 Å². The molecule has 4 rings (SSSR count). The van der Waals surface area contributed by atoms with Gasteiger partial charge in [0.25, 0.3) is 5.82 Å². The van der Waals surface area contributed by atoms with Crippen molar-refractivity contribution in [3.05, 3.63) is 64.7 Å². The lowest BCUT2D eigenvalue weighted by atomic mass is 9.87. The number of hydrogen-bond acceptors (Lipinski definition) is 2. The molecule has 0 saturated heterocycles. The van der Waals surface area contributed by atoms with E-state index < -0.39 is 0 Å². The number of halogens is 1. The second-order valence-electron chi connectivity index (χ2n) is 7.33. The highest BCUT2D eigenvalue weighted by molar-refractivity contribution is 6.27. The molecule has 0 radical (unpaired) electrons. The van der Waals surface area contributed by atoms with Crippen LogP contribution in [0.1, 0.15) is 58.2 Å². The summed E-state index contributed by atoms with van der Waals surface area (Å²) in [6, 6.07) is 11.6. The molecule has 140 valence electrons. The molecule has 1 aliphatic rings. The van der Waals surface area contributed by atoms with Gasteiger partial charge in [-0.1, -0.05) is 38.1 Å². The molecule has 0 amide bonds. The van der Waals surface area contributed by atoms with Gasteiger partial charge in [-0.2, -0.15) is 0 Å². The summed E-state index contributed by atoms with van der Waals surface area (Å²) in [5, 5.41) is 1.96. The normalized spacial score (nSPS) is 13.9. The largest absolute Gasteiger partial charge is 1.00 e. The van der Waals surface area contributed by atoms with Crippen LogP contribution in [0.25, 0.3) is 10.8 Å². The van der Waals surface area contributed by atoms with Gasteiger partial charge in [0.15, 0.2) is 0 Å². The molecule has 1 unspecified atom stereocenters. The highest BCUT2D eigenvalue weighted by Crippen LogP contribution is 2.30. The first-order valence-corrected chi connectivity index (χ1v) is 9.15. The average Bonchev–Trinajstić information content (AvgIpc) is 2.90. The van der Waals surface area contributed by atoms with Gasteiger partial charge in [0.2, 0.25) is 23.0 Å². The van der Waals surface area contributed by atoms with E-state index in [9.17, 15) is 9.59 Å². The van der Waals surface area contributed by atoms with Crippen LogP contribution in [-0.2, 0) is 13.6 Å². The molecule has 0 saturated carbocycles. The Morgan fingerprint density at radius 3 is 2.15 bits per heavy atom. The number of rotatable bonds is 3. The topological polar surface area (TPSA) is 43.0 Å². The Morgan fingerprint density at radius 2 is 1.59 bits per heavy atom. The highest BCUT2D eigenvalue weighted by Gasteiger charge is 2.42. The molecule has 0 aliphatic heterocycles. The molecule has 27 heavy (non-hydrogen) atoms. The third-order valence-electron chi connectivity index (χ3n) is 5.70. The molecule has 0 N–H and O–H groups in total. The van der Waals surface area contributed by atoms with E-state index in [-0.39, 0.29) is 35.5 Å². The van der Waals surface area contributed by atoms with Gasteiger partial charge in [0.1, 0.15) is 0 Å². The lowest BCUT2D eigenvalue weighted by molar-refractivity contribution is -0.679. The molecular formula is C22H23IN2O2. The second kappa shape index (κ2) is 7.19. The zero-order valence-corrected chi connectivity index (χ0v) is 18.2. The Hall–Kier alpha value is -2.02. The first-order chi connectivity index (χ1) is 12.4. The van der Waals surface area contributed by atoms with E-state index >= 15 is 0 Å². The van der Waals surface area contributed by atoms with Crippen molar-refractivity contribution >= 4 is 22.3 Å². The van der Waals surface area contributed by atoms with Crippen LogP contribution in [-0.4, -0.2) is 16.1 Å². The molecule has 1 aliphatic carbocycles. The first kappa shape index (κ1) is 19.7. The summed E-state index contributed by atoms with van der Waals surface area (Å²) in [6.07, 6.45) is 1.03. The summed E-state index contributed by atoms with van der Waals surface area (Å²) < 4.78 is 3.90. The summed E-state index contributed by atoms with van der Waals surface area (Å²) in [7, 11) is 1.87. The van der Waals surface area contributed by atoms with Crippen molar-refractivity contribution in [2.45, 2.75) is 33.7 Å². The molecule has 1 heterocycles. The van der Waals surface area contributed by atoms with E-state index in [1.54, 1.807) is 0 Å². The number of fused-ring (bicyclic) bond motifs is 3. The van der Waals surface area contributed by atoms with Crippen molar-refractivity contribution in [2.24, 2.45) is 13.0 Å². The predicted octanol–water partition coefficient (Wildman–Crippen LogP) is 0.600. The van der Waals surface area contributed by atoms with E-state index in [0.717, 1.165) is 29.6 Å². The summed E-state index contributed by atoms with van der Waals surface area (Å²) in [6.45, 7) is 7.03. The second-order valence-corrected chi connectivity index (χ2v) is 7.33. The van der Waals surface area contributed by atoms with Crippen molar-refractivity contribution in [1.29, 1.82) is 0 Å². The van der Waals surface area contributed by atoms with Crippen LogP contribution >= 0.6 is 0 Å². The fourth-order valence-corrected chi connectivity index (χ4v) is 3.82. The summed E-state index contributed by atoms with van der Waals surface area (Å²) in [5.74, 6) is 1.27. The lowest BCUT2D eigenvalue weighted by Crippen LogP contribution is -3.00. The zero-order valence-electron chi connectivity index (χ0n) is 16.0. The Balaban J connectivity index is 0.00000210. The maximum Gasteiger partial charge on any atom is 0.254 e. The van der Waals surface area contributed by atoms with Crippen molar-refractivity contribution in [3.8, 4) is 0 Å². The van der Waals surface area contributed by atoms with E-state index in [1.165, 1.54) is 0 Å². The van der Waals surface area contributed by atoms with Crippen LogP contribution in [0.4, 0.5) is 0 Å². The quantitative estimate of drug-likeness (QED) is 0.323. The minimum atomic E-state index is -0.0612. The molecule has 4 nitrogen and oxygen atoms in total. The van der Waals surface area contributed by atoms with Gasteiger partial charge < -0.3 is 24.0 Å². The maximum absolute atomic E-state index is 13.4. The minimum Gasteiger partial charge on any atom is -1.00 e. The number of imidazole rings is 1. The third-order valence-corrected chi connectivity index (χ3v) is 5.70. The van der Waals surface area contributed by atoms with Crippen molar-refractivity contribution < 1.29 is 38.1 Å². The van der Waals surface area contributed by atoms with Crippen molar-refractivity contribution in [3.63, 3.8) is 0 Å². The number of hydrogen-bond donors (Lipinski definition) is 0. The van der Waals surface area contributed by atoms with Crippen LogP contribution in [0.15, 0.2) is 36.4 Å². The number of ketones is 2. The zero-order chi connectivity index (χ0) is 18.6. The van der Waals surface area contributed by atoms with Crippen molar-refractivity contribution in [2.75, 3.05) is 0 Å². The van der Waals surface area contributed by atoms with E-state index in [0.29, 0.717) is 28.4 Å².